The molecule has 0 saturated carbocycles. The van der Waals surface area contributed by atoms with E-state index in [-0.39, 0.29) is 0 Å². The van der Waals surface area contributed by atoms with Crippen LogP contribution in [0, 0.1) is 12.8 Å². The molecule has 2 aromatic rings. The Balaban J connectivity index is 1.85. The average molecular weight is 279 g/mol. The zero-order valence-electron chi connectivity index (χ0n) is 13.1. The van der Waals surface area contributed by atoms with Gasteiger partial charge in [0.2, 0.25) is 0 Å². The van der Waals surface area contributed by atoms with E-state index in [9.17, 15) is 0 Å². The van der Waals surface area contributed by atoms with E-state index in [2.05, 4.69) is 67.7 Å². The van der Waals surface area contributed by atoms with Crippen molar-refractivity contribution in [3.05, 3.63) is 70.8 Å². The van der Waals surface area contributed by atoms with Crippen LogP contribution < -0.4 is 5.32 Å². The molecule has 2 aromatic carbocycles. The van der Waals surface area contributed by atoms with Crippen molar-refractivity contribution in [1.82, 2.24) is 5.32 Å². The summed E-state index contributed by atoms with van der Waals surface area (Å²) in [7, 11) is 0. The number of aryl methyl sites for hydroxylation is 2. The lowest BCUT2D eigenvalue weighted by Crippen LogP contribution is -2.31. The van der Waals surface area contributed by atoms with Crippen molar-refractivity contribution in [1.29, 1.82) is 0 Å². The Morgan fingerprint density at radius 2 is 1.90 bits per heavy atom. The second-order valence-corrected chi connectivity index (χ2v) is 6.22. The lowest BCUT2D eigenvalue weighted by Gasteiger charge is -2.32. The van der Waals surface area contributed by atoms with Crippen molar-refractivity contribution in [2.24, 2.45) is 5.92 Å². The number of fused-ring (bicyclic) bond motifs is 1. The molecule has 0 bridgehead atoms. The Hall–Kier alpha value is -1.60. The zero-order chi connectivity index (χ0) is 14.7. The van der Waals surface area contributed by atoms with Crippen LogP contribution in [-0.2, 0) is 12.8 Å². The average Bonchev–Trinajstić information content (AvgIpc) is 2.52. The predicted octanol–water partition coefficient (Wildman–Crippen LogP) is 4.45. The SMILES string of the molecule is CCNC(c1cccc(C)c1)C1CCc2ccccc2C1. The monoisotopic (exact) mass is 279 g/mol. The van der Waals surface area contributed by atoms with Gasteiger partial charge in [-0.25, -0.2) is 0 Å². The van der Waals surface area contributed by atoms with E-state index >= 15 is 0 Å². The minimum Gasteiger partial charge on any atom is -0.310 e. The van der Waals surface area contributed by atoms with Crippen LogP contribution in [0.25, 0.3) is 0 Å². The van der Waals surface area contributed by atoms with Gasteiger partial charge in [0.1, 0.15) is 0 Å². The van der Waals surface area contributed by atoms with Gasteiger partial charge in [0.05, 0.1) is 0 Å². The fourth-order valence-corrected chi connectivity index (χ4v) is 3.65. The summed E-state index contributed by atoms with van der Waals surface area (Å²) in [6, 6.07) is 18.4. The number of rotatable bonds is 4. The van der Waals surface area contributed by atoms with E-state index in [1.807, 2.05) is 0 Å². The fourth-order valence-electron chi connectivity index (χ4n) is 3.65. The molecule has 1 aliphatic rings. The Labute approximate surface area is 128 Å². The highest BCUT2D eigenvalue weighted by atomic mass is 14.9. The molecule has 0 spiro atoms. The summed E-state index contributed by atoms with van der Waals surface area (Å²) in [6.45, 7) is 5.42. The van der Waals surface area contributed by atoms with Crippen LogP contribution >= 0.6 is 0 Å². The molecule has 2 unspecified atom stereocenters. The third kappa shape index (κ3) is 3.19. The van der Waals surface area contributed by atoms with E-state index in [0.717, 1.165) is 6.54 Å². The standard InChI is InChI=1S/C20H25N/c1-3-21-20(18-10-6-7-15(2)13-18)19-12-11-16-8-4-5-9-17(16)14-19/h4-10,13,19-21H,3,11-12,14H2,1-2H3. The quantitative estimate of drug-likeness (QED) is 0.872. The minimum atomic E-state index is 0.475. The lowest BCUT2D eigenvalue weighted by molar-refractivity contribution is 0.330. The lowest BCUT2D eigenvalue weighted by atomic mass is 9.78. The van der Waals surface area contributed by atoms with Crippen LogP contribution in [-0.4, -0.2) is 6.54 Å². The summed E-state index contributed by atoms with van der Waals surface area (Å²) < 4.78 is 0. The van der Waals surface area contributed by atoms with Gasteiger partial charge in [0, 0.05) is 6.04 Å². The molecule has 0 radical (unpaired) electrons. The van der Waals surface area contributed by atoms with E-state index < -0.39 is 0 Å². The first-order chi connectivity index (χ1) is 10.3. The number of hydrogen-bond acceptors (Lipinski definition) is 1. The first-order valence-electron chi connectivity index (χ1n) is 8.14. The van der Waals surface area contributed by atoms with Gasteiger partial charge < -0.3 is 5.32 Å². The molecule has 0 aromatic heterocycles. The molecule has 0 saturated heterocycles. The summed E-state index contributed by atoms with van der Waals surface area (Å²) in [5.41, 5.74) is 5.89. The summed E-state index contributed by atoms with van der Waals surface area (Å²) in [6.07, 6.45) is 3.69. The van der Waals surface area contributed by atoms with Gasteiger partial charge in [0.25, 0.3) is 0 Å². The van der Waals surface area contributed by atoms with Crippen molar-refractivity contribution in [3.8, 4) is 0 Å². The topological polar surface area (TPSA) is 12.0 Å². The molecule has 1 heteroatoms. The number of nitrogens with one attached hydrogen (secondary N) is 1. The molecule has 0 fully saturated rings. The predicted molar refractivity (Wildman–Crippen MR) is 89.6 cm³/mol. The van der Waals surface area contributed by atoms with Crippen LogP contribution in [0.1, 0.15) is 41.6 Å². The van der Waals surface area contributed by atoms with Gasteiger partial charge in [-0.1, -0.05) is 61.0 Å². The molecule has 1 aliphatic carbocycles. The molecule has 0 amide bonds. The Kier molecular flexibility index (Phi) is 4.40. The molecule has 2 atom stereocenters. The van der Waals surface area contributed by atoms with Gasteiger partial charge in [0.15, 0.2) is 0 Å². The third-order valence-electron chi connectivity index (χ3n) is 4.68. The Morgan fingerprint density at radius 3 is 2.67 bits per heavy atom. The van der Waals surface area contributed by atoms with Crippen LogP contribution in [0.5, 0.6) is 0 Å². The highest BCUT2D eigenvalue weighted by Gasteiger charge is 2.26. The Bertz CT molecular complexity index is 602. The van der Waals surface area contributed by atoms with E-state index in [4.69, 9.17) is 0 Å². The van der Waals surface area contributed by atoms with Crippen LogP contribution in [0.15, 0.2) is 48.5 Å². The van der Waals surface area contributed by atoms with E-state index in [1.165, 1.54) is 30.4 Å². The third-order valence-corrected chi connectivity index (χ3v) is 4.68. The van der Waals surface area contributed by atoms with Gasteiger partial charge in [-0.05, 0) is 55.3 Å². The normalized spacial score (nSPS) is 19.0. The smallest absolute Gasteiger partial charge is 0.0351 e. The van der Waals surface area contributed by atoms with Crippen LogP contribution in [0.2, 0.25) is 0 Å². The second-order valence-electron chi connectivity index (χ2n) is 6.22. The molecule has 110 valence electrons. The molecule has 1 nitrogen and oxygen atoms in total. The first kappa shape index (κ1) is 14.3. The van der Waals surface area contributed by atoms with Crippen molar-refractivity contribution in [2.75, 3.05) is 6.54 Å². The minimum absolute atomic E-state index is 0.475. The van der Waals surface area contributed by atoms with Crippen molar-refractivity contribution < 1.29 is 0 Å². The fraction of sp³-hybridized carbons (Fsp3) is 0.400. The van der Waals surface area contributed by atoms with Gasteiger partial charge >= 0.3 is 0 Å². The van der Waals surface area contributed by atoms with Crippen LogP contribution in [0.3, 0.4) is 0 Å². The second kappa shape index (κ2) is 6.44. The van der Waals surface area contributed by atoms with E-state index in [1.54, 1.807) is 11.1 Å². The largest absolute Gasteiger partial charge is 0.310 e. The molecular formula is C20H25N. The molecule has 0 aliphatic heterocycles. The van der Waals surface area contributed by atoms with Crippen molar-refractivity contribution in [3.63, 3.8) is 0 Å². The summed E-state index contributed by atoms with van der Waals surface area (Å²) in [5.74, 6) is 0.696. The van der Waals surface area contributed by atoms with Gasteiger partial charge in [-0.3, -0.25) is 0 Å². The van der Waals surface area contributed by atoms with E-state index in [0.29, 0.717) is 12.0 Å². The zero-order valence-corrected chi connectivity index (χ0v) is 13.1. The van der Waals surface area contributed by atoms with Crippen LogP contribution in [0.4, 0.5) is 0 Å². The van der Waals surface area contributed by atoms with Crippen molar-refractivity contribution in [2.45, 2.75) is 39.2 Å². The molecule has 1 N–H and O–H groups in total. The summed E-state index contributed by atoms with van der Waals surface area (Å²) in [4.78, 5) is 0. The Morgan fingerprint density at radius 1 is 1.10 bits per heavy atom. The highest BCUT2D eigenvalue weighted by molar-refractivity contribution is 5.32. The molecule has 3 rings (SSSR count). The summed E-state index contributed by atoms with van der Waals surface area (Å²) in [5, 5.41) is 3.73. The molecule has 0 heterocycles. The number of hydrogen-bond donors (Lipinski definition) is 1. The van der Waals surface area contributed by atoms with Gasteiger partial charge in [-0.2, -0.15) is 0 Å². The van der Waals surface area contributed by atoms with Crippen molar-refractivity contribution >= 4 is 0 Å². The number of benzene rings is 2. The maximum Gasteiger partial charge on any atom is 0.0351 e. The maximum atomic E-state index is 3.73. The highest BCUT2D eigenvalue weighted by Crippen LogP contribution is 2.34. The maximum absolute atomic E-state index is 3.73. The van der Waals surface area contributed by atoms with Gasteiger partial charge in [-0.15, -0.1) is 0 Å². The molecule has 21 heavy (non-hydrogen) atoms. The molecular weight excluding hydrogens is 254 g/mol. The summed E-state index contributed by atoms with van der Waals surface area (Å²) >= 11 is 0. The first-order valence-corrected chi connectivity index (χ1v) is 8.14.